The van der Waals surface area contributed by atoms with E-state index in [4.69, 9.17) is 11.5 Å². The van der Waals surface area contributed by atoms with Crippen LogP contribution in [0.3, 0.4) is 0 Å². The van der Waals surface area contributed by atoms with Gasteiger partial charge in [0.1, 0.15) is 5.78 Å². The molecule has 4 N–H and O–H groups in total. The van der Waals surface area contributed by atoms with Crippen molar-refractivity contribution in [3.05, 3.63) is 0 Å². The van der Waals surface area contributed by atoms with Crippen LogP contribution in [0.4, 0.5) is 0 Å². The Kier molecular flexibility index (Phi) is 3.64. The maximum Gasteiger partial charge on any atom is 0.217 e. The molecule has 10 heavy (non-hydrogen) atoms. The number of rotatable bonds is 4. The highest BCUT2D eigenvalue weighted by Crippen LogP contribution is 1.93. The molecule has 0 aromatic carbocycles. The molecule has 0 aromatic heterocycles. The van der Waals surface area contributed by atoms with Gasteiger partial charge in [-0.25, -0.2) is 0 Å². The van der Waals surface area contributed by atoms with Crippen LogP contribution in [0.25, 0.3) is 0 Å². The van der Waals surface area contributed by atoms with Crippen LogP contribution in [0.1, 0.15) is 19.8 Å². The summed E-state index contributed by atoms with van der Waals surface area (Å²) in [6, 6.07) is -0.535. The molecule has 0 aliphatic rings. The van der Waals surface area contributed by atoms with Gasteiger partial charge in [0.05, 0.1) is 6.04 Å². The number of ketones is 1. The van der Waals surface area contributed by atoms with E-state index in [-0.39, 0.29) is 12.2 Å². The van der Waals surface area contributed by atoms with Crippen molar-refractivity contribution >= 4 is 11.7 Å². The Labute approximate surface area is 59.6 Å². The van der Waals surface area contributed by atoms with E-state index in [0.717, 1.165) is 0 Å². The first kappa shape index (κ1) is 9.10. The topological polar surface area (TPSA) is 86.2 Å². The van der Waals surface area contributed by atoms with Crippen molar-refractivity contribution in [2.24, 2.45) is 11.5 Å². The summed E-state index contributed by atoms with van der Waals surface area (Å²) in [5.41, 5.74) is 10.1. The van der Waals surface area contributed by atoms with E-state index in [1.54, 1.807) is 0 Å². The maximum atomic E-state index is 10.5. The number of primary amides is 1. The second-order valence-electron chi connectivity index (χ2n) is 2.22. The molecule has 1 atom stereocenters. The number of hydrogen-bond donors (Lipinski definition) is 2. The van der Waals surface area contributed by atoms with Gasteiger partial charge >= 0.3 is 0 Å². The number of hydrogen-bond acceptors (Lipinski definition) is 3. The summed E-state index contributed by atoms with van der Waals surface area (Å²) in [5, 5.41) is 0. The Balaban J connectivity index is 3.49. The molecule has 0 aliphatic heterocycles. The molecule has 0 spiro atoms. The summed E-state index contributed by atoms with van der Waals surface area (Å²) in [5.74, 6) is -0.530. The second kappa shape index (κ2) is 4.00. The van der Waals surface area contributed by atoms with Crippen LogP contribution in [0.15, 0.2) is 0 Å². The molecule has 0 radical (unpaired) electrons. The Morgan fingerprint density at radius 2 is 2.00 bits per heavy atom. The van der Waals surface area contributed by atoms with Crippen LogP contribution >= 0.6 is 0 Å². The van der Waals surface area contributed by atoms with Crippen molar-refractivity contribution in [3.63, 3.8) is 0 Å². The minimum atomic E-state index is -0.535. The van der Waals surface area contributed by atoms with Crippen molar-refractivity contribution in [2.75, 3.05) is 0 Å². The van der Waals surface area contributed by atoms with Crippen LogP contribution in [-0.2, 0) is 9.59 Å². The summed E-state index contributed by atoms with van der Waals surface area (Å²) < 4.78 is 0. The zero-order valence-electron chi connectivity index (χ0n) is 5.96. The van der Waals surface area contributed by atoms with Crippen LogP contribution in [-0.4, -0.2) is 17.7 Å². The lowest BCUT2D eigenvalue weighted by Crippen LogP contribution is -2.29. The van der Waals surface area contributed by atoms with Gasteiger partial charge in [-0.3, -0.25) is 9.59 Å². The standard InChI is InChI=1S/C6H12N2O2/c1-4(9)5(7)2-3-6(8)10/h5H,2-3,7H2,1H3,(H2,8,10)/t5-/m0/s1. The maximum absolute atomic E-state index is 10.5. The van der Waals surface area contributed by atoms with Gasteiger partial charge in [0, 0.05) is 6.42 Å². The molecule has 0 aliphatic carbocycles. The lowest BCUT2D eigenvalue weighted by atomic mass is 10.1. The summed E-state index contributed by atoms with van der Waals surface area (Å²) in [7, 11) is 0. The summed E-state index contributed by atoms with van der Waals surface area (Å²) in [6.45, 7) is 1.39. The average Bonchev–Trinajstić information content (AvgIpc) is 1.82. The number of nitrogens with two attached hydrogens (primary N) is 2. The van der Waals surface area contributed by atoms with Crippen molar-refractivity contribution in [1.29, 1.82) is 0 Å². The third kappa shape index (κ3) is 4.03. The minimum Gasteiger partial charge on any atom is -0.370 e. The molecule has 4 nitrogen and oxygen atoms in total. The Morgan fingerprint density at radius 3 is 2.30 bits per heavy atom. The Morgan fingerprint density at radius 1 is 1.50 bits per heavy atom. The molecule has 0 saturated heterocycles. The third-order valence-electron chi connectivity index (χ3n) is 1.22. The summed E-state index contributed by atoms with van der Waals surface area (Å²) in [4.78, 5) is 20.7. The van der Waals surface area contributed by atoms with Crippen LogP contribution in [0.2, 0.25) is 0 Å². The van der Waals surface area contributed by atoms with Crippen molar-refractivity contribution in [1.82, 2.24) is 0 Å². The SMILES string of the molecule is CC(=O)[C@@H](N)CCC(N)=O. The lowest BCUT2D eigenvalue weighted by Gasteiger charge is -2.03. The van der Waals surface area contributed by atoms with Crippen LogP contribution in [0.5, 0.6) is 0 Å². The molecule has 0 unspecified atom stereocenters. The van der Waals surface area contributed by atoms with E-state index < -0.39 is 11.9 Å². The van der Waals surface area contributed by atoms with E-state index in [2.05, 4.69) is 0 Å². The van der Waals surface area contributed by atoms with Crippen molar-refractivity contribution in [2.45, 2.75) is 25.8 Å². The fourth-order valence-corrected chi connectivity index (χ4v) is 0.501. The van der Waals surface area contributed by atoms with E-state index in [1.807, 2.05) is 0 Å². The van der Waals surface area contributed by atoms with E-state index >= 15 is 0 Å². The minimum absolute atomic E-state index is 0.110. The first-order valence-corrected chi connectivity index (χ1v) is 3.08. The van der Waals surface area contributed by atoms with Gasteiger partial charge in [-0.15, -0.1) is 0 Å². The number of Topliss-reactive ketones (excluding diaryl/α,β-unsaturated/α-hetero) is 1. The quantitative estimate of drug-likeness (QED) is 0.539. The Hall–Kier alpha value is -0.900. The predicted octanol–water partition coefficient (Wildman–Crippen LogP) is -0.832. The van der Waals surface area contributed by atoms with Crippen molar-refractivity contribution < 1.29 is 9.59 Å². The van der Waals surface area contributed by atoms with E-state index in [9.17, 15) is 9.59 Å². The first-order chi connectivity index (χ1) is 4.54. The first-order valence-electron chi connectivity index (χ1n) is 3.08. The van der Waals surface area contributed by atoms with Gasteiger partial charge in [0.2, 0.25) is 5.91 Å². The zero-order chi connectivity index (χ0) is 8.15. The predicted molar refractivity (Wildman–Crippen MR) is 37.1 cm³/mol. The largest absolute Gasteiger partial charge is 0.370 e. The molecule has 0 aromatic rings. The molecule has 0 fully saturated rings. The smallest absolute Gasteiger partial charge is 0.217 e. The van der Waals surface area contributed by atoms with Gasteiger partial charge in [0.15, 0.2) is 0 Å². The van der Waals surface area contributed by atoms with Gasteiger partial charge in [-0.1, -0.05) is 0 Å². The normalized spacial score (nSPS) is 12.6. The van der Waals surface area contributed by atoms with Crippen LogP contribution < -0.4 is 11.5 Å². The summed E-state index contributed by atoms with van der Waals surface area (Å²) in [6.07, 6.45) is 0.533. The fraction of sp³-hybridized carbons (Fsp3) is 0.667. The van der Waals surface area contributed by atoms with Gasteiger partial charge in [-0.05, 0) is 13.3 Å². The molecule has 0 heterocycles. The third-order valence-corrected chi connectivity index (χ3v) is 1.22. The molecular weight excluding hydrogens is 132 g/mol. The number of amides is 1. The van der Waals surface area contributed by atoms with E-state index in [1.165, 1.54) is 6.92 Å². The highest BCUT2D eigenvalue weighted by Gasteiger charge is 2.08. The lowest BCUT2D eigenvalue weighted by molar-refractivity contribution is -0.119. The van der Waals surface area contributed by atoms with Gasteiger partial charge < -0.3 is 11.5 Å². The average molecular weight is 144 g/mol. The Bertz CT molecular complexity index is 145. The second-order valence-corrected chi connectivity index (χ2v) is 2.22. The molecule has 4 heteroatoms. The highest BCUT2D eigenvalue weighted by atomic mass is 16.1. The molecule has 0 saturated carbocycles. The van der Waals surface area contributed by atoms with Gasteiger partial charge in [-0.2, -0.15) is 0 Å². The highest BCUT2D eigenvalue weighted by molar-refractivity contribution is 5.82. The number of carbonyl (C=O) groups excluding carboxylic acids is 2. The fourth-order valence-electron chi connectivity index (χ4n) is 0.501. The monoisotopic (exact) mass is 144 g/mol. The van der Waals surface area contributed by atoms with Gasteiger partial charge in [0.25, 0.3) is 0 Å². The molecule has 1 amide bonds. The van der Waals surface area contributed by atoms with Crippen LogP contribution in [0, 0.1) is 0 Å². The van der Waals surface area contributed by atoms with E-state index in [0.29, 0.717) is 6.42 Å². The molecular formula is C6H12N2O2. The molecule has 58 valence electrons. The molecule has 0 rings (SSSR count). The zero-order valence-corrected chi connectivity index (χ0v) is 5.96. The number of carbonyl (C=O) groups is 2. The summed E-state index contributed by atoms with van der Waals surface area (Å²) >= 11 is 0. The van der Waals surface area contributed by atoms with Crippen molar-refractivity contribution in [3.8, 4) is 0 Å². The molecule has 0 bridgehead atoms.